The molecular weight excluding hydrogens is 244 g/mol. The molecule has 1 aliphatic rings. The highest BCUT2D eigenvalue weighted by molar-refractivity contribution is 7.15. The van der Waals surface area contributed by atoms with Gasteiger partial charge in [0.25, 0.3) is 0 Å². The van der Waals surface area contributed by atoms with Gasteiger partial charge in [0.2, 0.25) is 0 Å². The van der Waals surface area contributed by atoms with Crippen LogP contribution in [0.3, 0.4) is 0 Å². The van der Waals surface area contributed by atoms with Gasteiger partial charge in [0, 0.05) is 17.7 Å². The molecule has 3 rings (SSSR count). The van der Waals surface area contributed by atoms with E-state index in [1.165, 1.54) is 10.6 Å². The van der Waals surface area contributed by atoms with Crippen LogP contribution < -0.4 is 5.73 Å². The maximum Gasteiger partial charge on any atom is 0.124 e. The first-order chi connectivity index (χ1) is 8.63. The Bertz CT molecular complexity index is 579. The van der Waals surface area contributed by atoms with E-state index in [4.69, 9.17) is 15.5 Å². The number of aromatic nitrogens is 1. The second kappa shape index (κ2) is 4.37. The zero-order valence-electron chi connectivity index (χ0n) is 10.5. The largest absolute Gasteiger partial charge is 0.399 e. The normalized spacial score (nSPS) is 22.8. The smallest absolute Gasteiger partial charge is 0.124 e. The second-order valence-corrected chi connectivity index (χ2v) is 5.78. The standard InChI is InChI=1S/C14H16N2OS/c1-8-6-12-13(9(2)17-8)18-14(16-12)10-4-3-5-11(15)7-10/h3-5,7-9H,6,15H2,1-2H3. The monoisotopic (exact) mass is 260 g/mol. The van der Waals surface area contributed by atoms with Gasteiger partial charge in [-0.3, -0.25) is 0 Å². The maximum atomic E-state index is 5.83. The first-order valence-electron chi connectivity index (χ1n) is 6.14. The summed E-state index contributed by atoms with van der Waals surface area (Å²) in [6.07, 6.45) is 1.30. The van der Waals surface area contributed by atoms with Crippen LogP contribution in [0.15, 0.2) is 24.3 Å². The van der Waals surface area contributed by atoms with E-state index in [-0.39, 0.29) is 12.2 Å². The number of nitrogens with zero attached hydrogens (tertiary/aromatic N) is 1. The Balaban J connectivity index is 2.03. The van der Waals surface area contributed by atoms with Crippen molar-refractivity contribution in [3.05, 3.63) is 34.8 Å². The first-order valence-corrected chi connectivity index (χ1v) is 6.96. The van der Waals surface area contributed by atoms with E-state index in [1.807, 2.05) is 18.2 Å². The Morgan fingerprint density at radius 3 is 3.00 bits per heavy atom. The molecule has 2 heterocycles. The summed E-state index contributed by atoms with van der Waals surface area (Å²) < 4.78 is 5.83. The van der Waals surface area contributed by atoms with Gasteiger partial charge >= 0.3 is 0 Å². The Kier molecular flexibility index (Phi) is 2.84. The van der Waals surface area contributed by atoms with Crippen LogP contribution in [0.1, 0.15) is 30.5 Å². The molecule has 0 saturated carbocycles. The lowest BCUT2D eigenvalue weighted by molar-refractivity contribution is -0.00316. The number of hydrogen-bond donors (Lipinski definition) is 1. The summed E-state index contributed by atoms with van der Waals surface area (Å²) in [6.45, 7) is 4.19. The SMILES string of the molecule is CC1Cc2nc(-c3cccc(N)c3)sc2C(C)O1. The van der Waals surface area contributed by atoms with Crippen molar-refractivity contribution in [3.8, 4) is 10.6 Å². The number of fused-ring (bicyclic) bond motifs is 1. The minimum absolute atomic E-state index is 0.149. The number of rotatable bonds is 1. The average molecular weight is 260 g/mol. The van der Waals surface area contributed by atoms with Crippen LogP contribution in [0.4, 0.5) is 5.69 Å². The van der Waals surface area contributed by atoms with Crippen molar-refractivity contribution in [2.45, 2.75) is 32.5 Å². The van der Waals surface area contributed by atoms with Crippen molar-refractivity contribution in [2.75, 3.05) is 5.73 Å². The highest BCUT2D eigenvalue weighted by atomic mass is 32.1. The molecule has 0 saturated heterocycles. The minimum atomic E-state index is 0.149. The third-order valence-electron chi connectivity index (χ3n) is 3.15. The number of ether oxygens (including phenoxy) is 1. The molecule has 0 aliphatic carbocycles. The summed E-state index contributed by atoms with van der Waals surface area (Å²) in [7, 11) is 0. The predicted octanol–water partition coefficient (Wildman–Crippen LogP) is 3.41. The van der Waals surface area contributed by atoms with E-state index in [0.29, 0.717) is 0 Å². The van der Waals surface area contributed by atoms with E-state index in [9.17, 15) is 0 Å². The third kappa shape index (κ3) is 2.02. The lowest BCUT2D eigenvalue weighted by atomic mass is 10.1. The fourth-order valence-electron chi connectivity index (χ4n) is 2.35. The quantitative estimate of drug-likeness (QED) is 0.799. The zero-order chi connectivity index (χ0) is 12.7. The van der Waals surface area contributed by atoms with Crippen LogP contribution in [0, 0.1) is 0 Å². The van der Waals surface area contributed by atoms with Gasteiger partial charge in [-0.15, -0.1) is 11.3 Å². The van der Waals surface area contributed by atoms with E-state index in [0.717, 1.165) is 22.7 Å². The van der Waals surface area contributed by atoms with Crippen molar-refractivity contribution < 1.29 is 4.74 Å². The van der Waals surface area contributed by atoms with Gasteiger partial charge in [-0.05, 0) is 26.0 Å². The highest BCUT2D eigenvalue weighted by Gasteiger charge is 2.26. The molecule has 2 N–H and O–H groups in total. The molecule has 0 radical (unpaired) electrons. The Hall–Kier alpha value is -1.39. The van der Waals surface area contributed by atoms with Crippen LogP contribution >= 0.6 is 11.3 Å². The molecule has 1 aliphatic heterocycles. The number of hydrogen-bond acceptors (Lipinski definition) is 4. The van der Waals surface area contributed by atoms with Crippen molar-refractivity contribution in [3.63, 3.8) is 0 Å². The molecule has 0 bridgehead atoms. The van der Waals surface area contributed by atoms with Gasteiger partial charge in [0.1, 0.15) is 5.01 Å². The third-order valence-corrected chi connectivity index (χ3v) is 4.46. The molecule has 3 nitrogen and oxygen atoms in total. The molecular formula is C14H16N2OS. The summed E-state index contributed by atoms with van der Waals surface area (Å²) >= 11 is 1.72. The summed E-state index contributed by atoms with van der Waals surface area (Å²) in [5.41, 5.74) is 8.87. The topological polar surface area (TPSA) is 48.1 Å². The van der Waals surface area contributed by atoms with Gasteiger partial charge in [-0.25, -0.2) is 4.98 Å². The summed E-state index contributed by atoms with van der Waals surface area (Å²) in [5, 5.41) is 1.04. The molecule has 18 heavy (non-hydrogen) atoms. The molecule has 1 aromatic heterocycles. The van der Waals surface area contributed by atoms with Crippen LogP contribution in [-0.2, 0) is 11.2 Å². The number of nitrogen functional groups attached to an aromatic ring is 1. The zero-order valence-corrected chi connectivity index (χ0v) is 11.3. The molecule has 2 atom stereocenters. The van der Waals surface area contributed by atoms with E-state index >= 15 is 0 Å². The number of nitrogens with two attached hydrogens (primary N) is 1. The van der Waals surface area contributed by atoms with E-state index in [1.54, 1.807) is 11.3 Å². The maximum absolute atomic E-state index is 5.83. The molecule has 0 fully saturated rings. The van der Waals surface area contributed by atoms with Gasteiger partial charge in [0.15, 0.2) is 0 Å². The number of benzene rings is 1. The Morgan fingerprint density at radius 1 is 1.39 bits per heavy atom. The molecule has 94 valence electrons. The first kappa shape index (κ1) is 11.7. The highest BCUT2D eigenvalue weighted by Crippen LogP contribution is 2.38. The van der Waals surface area contributed by atoms with Crippen LogP contribution in [0.5, 0.6) is 0 Å². The molecule has 0 spiro atoms. The molecule has 2 aromatic rings. The van der Waals surface area contributed by atoms with Gasteiger partial charge < -0.3 is 10.5 Å². The van der Waals surface area contributed by atoms with Crippen LogP contribution in [0.2, 0.25) is 0 Å². The molecule has 4 heteroatoms. The molecule has 1 aromatic carbocycles. The Morgan fingerprint density at radius 2 is 2.22 bits per heavy atom. The van der Waals surface area contributed by atoms with Crippen LogP contribution in [0.25, 0.3) is 10.6 Å². The summed E-state index contributed by atoms with van der Waals surface area (Å²) in [5.74, 6) is 0. The lowest BCUT2D eigenvalue weighted by Gasteiger charge is -2.23. The lowest BCUT2D eigenvalue weighted by Crippen LogP contribution is -2.20. The van der Waals surface area contributed by atoms with Gasteiger partial charge in [-0.2, -0.15) is 0 Å². The molecule has 2 unspecified atom stereocenters. The number of anilines is 1. The Labute approximate surface area is 111 Å². The molecule has 0 amide bonds. The van der Waals surface area contributed by atoms with Gasteiger partial charge in [-0.1, -0.05) is 12.1 Å². The summed E-state index contributed by atoms with van der Waals surface area (Å²) in [6, 6.07) is 7.88. The number of thiazole rings is 1. The van der Waals surface area contributed by atoms with Crippen molar-refractivity contribution in [2.24, 2.45) is 0 Å². The van der Waals surface area contributed by atoms with Crippen molar-refractivity contribution in [1.82, 2.24) is 4.98 Å². The van der Waals surface area contributed by atoms with Gasteiger partial charge in [0.05, 0.1) is 22.8 Å². The van der Waals surface area contributed by atoms with Crippen LogP contribution in [-0.4, -0.2) is 11.1 Å². The van der Waals surface area contributed by atoms with E-state index in [2.05, 4.69) is 19.9 Å². The van der Waals surface area contributed by atoms with Crippen molar-refractivity contribution in [1.29, 1.82) is 0 Å². The predicted molar refractivity (Wildman–Crippen MR) is 74.6 cm³/mol. The van der Waals surface area contributed by atoms with Crippen molar-refractivity contribution >= 4 is 17.0 Å². The summed E-state index contributed by atoms with van der Waals surface area (Å²) in [4.78, 5) is 6.00. The fourth-order valence-corrected chi connectivity index (χ4v) is 3.43. The van der Waals surface area contributed by atoms with E-state index < -0.39 is 0 Å². The fraction of sp³-hybridized carbons (Fsp3) is 0.357. The minimum Gasteiger partial charge on any atom is -0.399 e. The second-order valence-electron chi connectivity index (χ2n) is 4.75. The average Bonchev–Trinajstić information content (AvgIpc) is 2.73.